The average Bonchev–Trinajstić information content (AvgIpc) is 2.45. The molecule has 1 aliphatic carbocycles. The first-order valence-electron chi connectivity index (χ1n) is 4.04. The molecule has 0 heterocycles. The highest BCUT2D eigenvalue weighted by Crippen LogP contribution is 2.38. The highest BCUT2D eigenvalue weighted by Gasteiger charge is 2.58. The van der Waals surface area contributed by atoms with E-state index in [0.29, 0.717) is 0 Å². The summed E-state index contributed by atoms with van der Waals surface area (Å²) in [6.45, 7) is 0. The van der Waals surface area contributed by atoms with Gasteiger partial charge in [0.15, 0.2) is 23.3 Å². The van der Waals surface area contributed by atoms with Gasteiger partial charge < -0.3 is 0 Å². The van der Waals surface area contributed by atoms with Crippen LogP contribution in [0.4, 0.5) is 26.3 Å². The van der Waals surface area contributed by atoms with Gasteiger partial charge in [-0.25, -0.2) is 17.6 Å². The van der Waals surface area contributed by atoms with E-state index >= 15 is 0 Å². The molecule has 0 fully saturated rings. The Morgan fingerprint density at radius 1 is 0.647 bits per heavy atom. The van der Waals surface area contributed by atoms with Crippen LogP contribution in [0.15, 0.2) is 0 Å². The van der Waals surface area contributed by atoms with Gasteiger partial charge >= 0.3 is 5.92 Å². The summed E-state index contributed by atoms with van der Waals surface area (Å²) in [5.41, 5.74) is -3.51. The molecule has 8 heteroatoms. The van der Waals surface area contributed by atoms with E-state index in [1.807, 2.05) is 0 Å². The lowest BCUT2D eigenvalue weighted by Crippen LogP contribution is -2.30. The Labute approximate surface area is 88.8 Å². The first-order valence-corrected chi connectivity index (χ1v) is 4.04. The molecule has 0 spiro atoms. The first kappa shape index (κ1) is 11.6. The van der Waals surface area contributed by atoms with E-state index in [2.05, 4.69) is 0 Å². The van der Waals surface area contributed by atoms with Gasteiger partial charge in [0.25, 0.3) is 0 Å². The summed E-state index contributed by atoms with van der Waals surface area (Å²) < 4.78 is 77.2. The molecule has 0 aliphatic heterocycles. The van der Waals surface area contributed by atoms with Crippen LogP contribution in [0.5, 0.6) is 0 Å². The Balaban J connectivity index is 2.94. The Bertz CT molecular complexity index is 529. The summed E-state index contributed by atoms with van der Waals surface area (Å²) in [6.07, 6.45) is 0. The summed E-state index contributed by atoms with van der Waals surface area (Å²) in [4.78, 5) is 21.8. The van der Waals surface area contributed by atoms with Crippen LogP contribution in [-0.2, 0) is 0 Å². The maximum absolute atomic E-state index is 13.0. The highest BCUT2D eigenvalue weighted by molar-refractivity contribution is 6.31. The molecule has 0 radical (unpaired) electrons. The molecule has 0 aromatic heterocycles. The standard InChI is InChI=1S/C9F6O2/c10-3-1-2(4(11)6(13)5(3)12)8(17)9(14,15)7(1)16. The minimum atomic E-state index is -4.70. The first-order chi connectivity index (χ1) is 7.71. The summed E-state index contributed by atoms with van der Waals surface area (Å²) in [7, 11) is 0. The zero-order valence-corrected chi connectivity index (χ0v) is 7.58. The van der Waals surface area contributed by atoms with Crippen molar-refractivity contribution in [1.29, 1.82) is 0 Å². The molecule has 2 nitrogen and oxygen atoms in total. The van der Waals surface area contributed by atoms with Crippen molar-refractivity contribution in [1.82, 2.24) is 0 Å². The number of benzene rings is 1. The molecule has 2 rings (SSSR count). The van der Waals surface area contributed by atoms with Crippen LogP contribution >= 0.6 is 0 Å². The monoisotopic (exact) mass is 254 g/mol. The summed E-state index contributed by atoms with van der Waals surface area (Å²) in [5, 5.41) is 0. The van der Waals surface area contributed by atoms with Gasteiger partial charge in [-0.2, -0.15) is 8.78 Å². The molecule has 0 amide bonds. The van der Waals surface area contributed by atoms with Crippen molar-refractivity contribution < 1.29 is 35.9 Å². The lowest BCUT2D eigenvalue weighted by molar-refractivity contribution is 0.0186. The number of carbonyl (C=O) groups is 2. The van der Waals surface area contributed by atoms with Gasteiger partial charge in [0.1, 0.15) is 0 Å². The maximum atomic E-state index is 13.0. The van der Waals surface area contributed by atoms with Gasteiger partial charge in [-0.05, 0) is 0 Å². The van der Waals surface area contributed by atoms with Gasteiger partial charge in [-0.3, -0.25) is 9.59 Å². The number of ketones is 2. The summed E-state index contributed by atoms with van der Waals surface area (Å²) in [6, 6.07) is 0. The van der Waals surface area contributed by atoms with E-state index in [9.17, 15) is 35.9 Å². The molecule has 0 N–H and O–H groups in total. The Morgan fingerprint density at radius 2 is 0.941 bits per heavy atom. The molecule has 1 aromatic rings. The van der Waals surface area contributed by atoms with E-state index in [1.165, 1.54) is 0 Å². The van der Waals surface area contributed by atoms with Crippen LogP contribution in [0, 0.1) is 23.3 Å². The van der Waals surface area contributed by atoms with E-state index in [1.54, 1.807) is 0 Å². The molecule has 0 bridgehead atoms. The fourth-order valence-electron chi connectivity index (χ4n) is 1.48. The minimum absolute atomic E-state index is 1.75. The van der Waals surface area contributed by atoms with Gasteiger partial charge in [0.2, 0.25) is 11.6 Å². The van der Waals surface area contributed by atoms with Crippen molar-refractivity contribution in [3.8, 4) is 0 Å². The quantitative estimate of drug-likeness (QED) is 0.308. The van der Waals surface area contributed by atoms with Crippen LogP contribution < -0.4 is 0 Å². The number of hydrogen-bond acceptors (Lipinski definition) is 2. The van der Waals surface area contributed by atoms with Gasteiger partial charge in [-0.1, -0.05) is 0 Å². The predicted molar refractivity (Wildman–Crippen MR) is 39.9 cm³/mol. The van der Waals surface area contributed by atoms with Crippen molar-refractivity contribution in [3.63, 3.8) is 0 Å². The minimum Gasteiger partial charge on any atom is -0.287 e. The van der Waals surface area contributed by atoms with E-state index in [0.717, 1.165) is 0 Å². The maximum Gasteiger partial charge on any atom is 0.371 e. The largest absolute Gasteiger partial charge is 0.371 e. The van der Waals surface area contributed by atoms with Crippen LogP contribution in [0.1, 0.15) is 20.7 Å². The SMILES string of the molecule is O=C1c2c(F)c(F)c(F)c(F)c2C(=O)C1(F)F. The molecule has 0 saturated heterocycles. The highest BCUT2D eigenvalue weighted by atomic mass is 19.3. The number of fused-ring (bicyclic) bond motifs is 1. The third-order valence-corrected chi connectivity index (χ3v) is 2.29. The fourth-order valence-corrected chi connectivity index (χ4v) is 1.48. The molecule has 17 heavy (non-hydrogen) atoms. The molecule has 0 unspecified atom stereocenters. The zero-order valence-electron chi connectivity index (χ0n) is 7.58. The third-order valence-electron chi connectivity index (χ3n) is 2.29. The van der Waals surface area contributed by atoms with Crippen molar-refractivity contribution in [3.05, 3.63) is 34.4 Å². The van der Waals surface area contributed by atoms with Gasteiger partial charge in [0, 0.05) is 0 Å². The topological polar surface area (TPSA) is 34.1 Å². The smallest absolute Gasteiger partial charge is 0.287 e. The molecule has 1 aliphatic rings. The third kappa shape index (κ3) is 1.17. The van der Waals surface area contributed by atoms with Gasteiger partial charge in [0.05, 0.1) is 11.1 Å². The van der Waals surface area contributed by atoms with Crippen LogP contribution in [0.2, 0.25) is 0 Å². The summed E-state index contributed by atoms with van der Waals surface area (Å²) in [5.74, 6) is -18.9. The molecule has 0 atom stereocenters. The lowest BCUT2D eigenvalue weighted by Gasteiger charge is -2.02. The lowest BCUT2D eigenvalue weighted by atomic mass is 10.1. The van der Waals surface area contributed by atoms with Crippen LogP contribution in [0.3, 0.4) is 0 Å². The average molecular weight is 254 g/mol. The molecular weight excluding hydrogens is 254 g/mol. The predicted octanol–water partition coefficient (Wildman–Crippen LogP) is 2.26. The van der Waals surface area contributed by atoms with Gasteiger partial charge in [-0.15, -0.1) is 0 Å². The number of Topliss-reactive ketones (excluding diaryl/α,β-unsaturated/α-hetero) is 2. The van der Waals surface area contributed by atoms with Crippen molar-refractivity contribution in [2.24, 2.45) is 0 Å². The molecular formula is C9F6O2. The second-order valence-corrected chi connectivity index (χ2v) is 3.24. The van der Waals surface area contributed by atoms with Crippen molar-refractivity contribution in [2.45, 2.75) is 5.92 Å². The fraction of sp³-hybridized carbons (Fsp3) is 0.111. The Hall–Kier alpha value is -1.86. The van der Waals surface area contributed by atoms with E-state index in [-0.39, 0.29) is 0 Å². The Kier molecular flexibility index (Phi) is 2.11. The van der Waals surface area contributed by atoms with Crippen molar-refractivity contribution in [2.75, 3.05) is 0 Å². The second kappa shape index (κ2) is 3.08. The number of hydrogen-bond donors (Lipinski definition) is 0. The molecule has 90 valence electrons. The van der Waals surface area contributed by atoms with Crippen molar-refractivity contribution >= 4 is 11.6 Å². The number of carbonyl (C=O) groups excluding carboxylic acids is 2. The number of alkyl halides is 2. The van der Waals surface area contributed by atoms with E-state index < -0.39 is 51.9 Å². The van der Waals surface area contributed by atoms with Crippen LogP contribution in [0.25, 0.3) is 0 Å². The second-order valence-electron chi connectivity index (χ2n) is 3.24. The molecule has 0 saturated carbocycles. The van der Waals surface area contributed by atoms with Crippen LogP contribution in [-0.4, -0.2) is 17.5 Å². The Morgan fingerprint density at radius 3 is 1.24 bits per heavy atom. The number of halogens is 6. The van der Waals surface area contributed by atoms with E-state index in [4.69, 9.17) is 0 Å². The normalized spacial score (nSPS) is 17.5. The zero-order chi connectivity index (χ0) is 13.1. The molecule has 1 aromatic carbocycles. The summed E-state index contributed by atoms with van der Waals surface area (Å²) >= 11 is 0. The number of rotatable bonds is 0.